The van der Waals surface area contributed by atoms with Gasteiger partial charge in [0.05, 0.1) is 6.42 Å². The molecule has 136 valence electrons. The maximum atomic E-state index is 12.5. The Bertz CT molecular complexity index is 573. The van der Waals surface area contributed by atoms with Gasteiger partial charge in [-0.2, -0.15) is 0 Å². The summed E-state index contributed by atoms with van der Waals surface area (Å²) in [6.45, 7) is 3.54. The standard InChI is InChI=1S/C19H27N3O3/c23-18(12-17-5-1-2-8-20-17)22-9-3-4-15(14-22)13-21-19(24)16-6-10-25-11-7-16/h1-2,5,8,15-16H,3-4,6-7,9-14H2,(H,21,24). The molecule has 2 amide bonds. The lowest BCUT2D eigenvalue weighted by molar-refractivity contribution is -0.132. The van der Waals surface area contributed by atoms with Gasteiger partial charge in [0.2, 0.25) is 11.8 Å². The lowest BCUT2D eigenvalue weighted by Gasteiger charge is -2.33. The first-order chi connectivity index (χ1) is 12.2. The van der Waals surface area contributed by atoms with Crippen molar-refractivity contribution in [3.8, 4) is 0 Å². The zero-order valence-corrected chi connectivity index (χ0v) is 14.7. The molecule has 25 heavy (non-hydrogen) atoms. The molecule has 6 nitrogen and oxygen atoms in total. The molecule has 0 saturated carbocycles. The molecule has 1 N–H and O–H groups in total. The smallest absolute Gasteiger partial charge is 0.228 e. The number of ether oxygens (including phenoxy) is 1. The molecule has 1 unspecified atom stereocenters. The van der Waals surface area contributed by atoms with Crippen LogP contribution in [-0.4, -0.2) is 54.5 Å². The Hall–Kier alpha value is -1.95. The second-order valence-electron chi connectivity index (χ2n) is 6.98. The summed E-state index contributed by atoms with van der Waals surface area (Å²) >= 11 is 0. The number of nitrogens with zero attached hydrogens (tertiary/aromatic N) is 2. The van der Waals surface area contributed by atoms with Crippen molar-refractivity contribution in [3.05, 3.63) is 30.1 Å². The normalized spacial score (nSPS) is 21.8. The molecule has 0 aromatic carbocycles. The highest BCUT2D eigenvalue weighted by Gasteiger charge is 2.26. The van der Waals surface area contributed by atoms with Crippen LogP contribution in [0.5, 0.6) is 0 Å². The van der Waals surface area contributed by atoms with Crippen molar-refractivity contribution < 1.29 is 14.3 Å². The SMILES string of the molecule is O=C(NCC1CCCN(C(=O)Cc2ccccn2)C1)C1CCOCC1. The molecule has 3 heterocycles. The fourth-order valence-electron chi connectivity index (χ4n) is 3.58. The highest BCUT2D eigenvalue weighted by Crippen LogP contribution is 2.18. The molecule has 2 aliphatic rings. The maximum absolute atomic E-state index is 12.5. The van der Waals surface area contributed by atoms with Crippen LogP contribution in [0.25, 0.3) is 0 Å². The largest absolute Gasteiger partial charge is 0.381 e. The number of piperidine rings is 1. The number of amides is 2. The summed E-state index contributed by atoms with van der Waals surface area (Å²) in [5.41, 5.74) is 0.808. The van der Waals surface area contributed by atoms with E-state index in [4.69, 9.17) is 4.74 Å². The molecule has 0 bridgehead atoms. The summed E-state index contributed by atoms with van der Waals surface area (Å²) in [4.78, 5) is 30.9. The van der Waals surface area contributed by atoms with Crippen LogP contribution >= 0.6 is 0 Å². The average Bonchev–Trinajstić information content (AvgIpc) is 2.68. The van der Waals surface area contributed by atoms with Crippen LogP contribution in [0.15, 0.2) is 24.4 Å². The fraction of sp³-hybridized carbons (Fsp3) is 0.632. The Morgan fingerprint density at radius 2 is 2.08 bits per heavy atom. The van der Waals surface area contributed by atoms with Crippen LogP contribution in [0.1, 0.15) is 31.4 Å². The van der Waals surface area contributed by atoms with Crippen LogP contribution in [-0.2, 0) is 20.7 Å². The van der Waals surface area contributed by atoms with Gasteiger partial charge in [-0.05, 0) is 43.7 Å². The molecule has 3 rings (SSSR count). The first-order valence-corrected chi connectivity index (χ1v) is 9.25. The Kier molecular flexibility index (Phi) is 6.39. The monoisotopic (exact) mass is 345 g/mol. The predicted octanol–water partition coefficient (Wildman–Crippen LogP) is 1.41. The molecule has 2 fully saturated rings. The van der Waals surface area contributed by atoms with E-state index in [1.165, 1.54) is 0 Å². The van der Waals surface area contributed by atoms with Crippen LogP contribution in [0.4, 0.5) is 0 Å². The van der Waals surface area contributed by atoms with E-state index in [9.17, 15) is 9.59 Å². The van der Waals surface area contributed by atoms with E-state index < -0.39 is 0 Å². The number of nitrogens with one attached hydrogen (secondary N) is 1. The van der Waals surface area contributed by atoms with Gasteiger partial charge in [0, 0.05) is 50.7 Å². The van der Waals surface area contributed by atoms with E-state index in [0.717, 1.165) is 44.5 Å². The van der Waals surface area contributed by atoms with E-state index in [0.29, 0.717) is 32.1 Å². The van der Waals surface area contributed by atoms with Crippen molar-refractivity contribution in [1.82, 2.24) is 15.2 Å². The van der Waals surface area contributed by atoms with Gasteiger partial charge in [-0.3, -0.25) is 14.6 Å². The number of carbonyl (C=O) groups excluding carboxylic acids is 2. The van der Waals surface area contributed by atoms with Crippen molar-refractivity contribution in [2.24, 2.45) is 11.8 Å². The minimum absolute atomic E-state index is 0.0826. The van der Waals surface area contributed by atoms with Crippen molar-refractivity contribution in [2.45, 2.75) is 32.1 Å². The average molecular weight is 345 g/mol. The summed E-state index contributed by atoms with van der Waals surface area (Å²) in [5, 5.41) is 3.09. The van der Waals surface area contributed by atoms with Crippen LogP contribution in [0, 0.1) is 11.8 Å². The Balaban J connectivity index is 1.44. The van der Waals surface area contributed by atoms with E-state index in [1.807, 2.05) is 23.1 Å². The van der Waals surface area contributed by atoms with Gasteiger partial charge in [-0.1, -0.05) is 6.07 Å². The van der Waals surface area contributed by atoms with Crippen LogP contribution < -0.4 is 5.32 Å². The molecule has 2 aliphatic heterocycles. The molecule has 1 atom stereocenters. The summed E-state index contributed by atoms with van der Waals surface area (Å²) in [5.74, 6) is 0.684. The first-order valence-electron chi connectivity index (χ1n) is 9.25. The van der Waals surface area contributed by atoms with Gasteiger partial charge >= 0.3 is 0 Å². The van der Waals surface area contributed by atoms with Gasteiger partial charge in [0.25, 0.3) is 0 Å². The van der Waals surface area contributed by atoms with Gasteiger partial charge in [-0.25, -0.2) is 0 Å². The summed E-state index contributed by atoms with van der Waals surface area (Å²) in [6, 6.07) is 5.64. The number of hydrogen-bond acceptors (Lipinski definition) is 4. The molecule has 6 heteroatoms. The topological polar surface area (TPSA) is 71.5 Å². The molecule has 0 aliphatic carbocycles. The van der Waals surface area contributed by atoms with Gasteiger partial charge in [-0.15, -0.1) is 0 Å². The summed E-state index contributed by atoms with van der Waals surface area (Å²) < 4.78 is 5.30. The second-order valence-corrected chi connectivity index (χ2v) is 6.98. The van der Waals surface area contributed by atoms with E-state index in [-0.39, 0.29) is 17.7 Å². The van der Waals surface area contributed by atoms with Gasteiger partial charge in [0.15, 0.2) is 0 Å². The summed E-state index contributed by atoms with van der Waals surface area (Å²) in [6.07, 6.45) is 5.74. The number of aromatic nitrogens is 1. The van der Waals surface area contributed by atoms with Crippen molar-refractivity contribution >= 4 is 11.8 Å². The third kappa shape index (κ3) is 5.26. The number of pyridine rings is 1. The number of likely N-dealkylation sites (tertiary alicyclic amines) is 1. The number of rotatable bonds is 5. The first kappa shape index (κ1) is 17.9. The predicted molar refractivity (Wildman–Crippen MR) is 93.8 cm³/mol. The fourth-order valence-corrected chi connectivity index (χ4v) is 3.58. The van der Waals surface area contributed by atoms with Crippen LogP contribution in [0.2, 0.25) is 0 Å². The molecule has 0 radical (unpaired) electrons. The van der Waals surface area contributed by atoms with Crippen molar-refractivity contribution in [2.75, 3.05) is 32.8 Å². The molecule has 0 spiro atoms. The number of hydrogen-bond donors (Lipinski definition) is 1. The molecular weight excluding hydrogens is 318 g/mol. The van der Waals surface area contributed by atoms with Crippen LogP contribution in [0.3, 0.4) is 0 Å². The third-order valence-corrected chi connectivity index (χ3v) is 5.09. The van der Waals surface area contributed by atoms with Gasteiger partial charge < -0.3 is 15.0 Å². The molecule has 1 aromatic heterocycles. The lowest BCUT2D eigenvalue weighted by Crippen LogP contribution is -2.45. The Labute approximate surface area is 148 Å². The molecular formula is C19H27N3O3. The van der Waals surface area contributed by atoms with E-state index in [2.05, 4.69) is 10.3 Å². The zero-order chi connectivity index (χ0) is 17.5. The highest BCUT2D eigenvalue weighted by molar-refractivity contribution is 5.79. The number of carbonyl (C=O) groups is 2. The van der Waals surface area contributed by atoms with Crippen molar-refractivity contribution in [1.29, 1.82) is 0 Å². The molecule has 1 aromatic rings. The van der Waals surface area contributed by atoms with Crippen molar-refractivity contribution in [3.63, 3.8) is 0 Å². The lowest BCUT2D eigenvalue weighted by atomic mass is 9.96. The minimum atomic E-state index is 0.0826. The maximum Gasteiger partial charge on any atom is 0.228 e. The summed E-state index contributed by atoms with van der Waals surface area (Å²) in [7, 11) is 0. The minimum Gasteiger partial charge on any atom is -0.381 e. The Morgan fingerprint density at radius 1 is 1.24 bits per heavy atom. The third-order valence-electron chi connectivity index (χ3n) is 5.09. The zero-order valence-electron chi connectivity index (χ0n) is 14.7. The highest BCUT2D eigenvalue weighted by atomic mass is 16.5. The second kappa shape index (κ2) is 8.94. The van der Waals surface area contributed by atoms with E-state index in [1.54, 1.807) is 6.20 Å². The quantitative estimate of drug-likeness (QED) is 0.876. The Morgan fingerprint density at radius 3 is 2.84 bits per heavy atom. The molecule has 2 saturated heterocycles. The van der Waals surface area contributed by atoms with Gasteiger partial charge in [0.1, 0.15) is 0 Å². The van der Waals surface area contributed by atoms with E-state index >= 15 is 0 Å².